The van der Waals surface area contributed by atoms with Crippen LogP contribution in [0, 0.1) is 5.92 Å². The Morgan fingerprint density at radius 1 is 1.39 bits per heavy atom. The summed E-state index contributed by atoms with van der Waals surface area (Å²) in [6.07, 6.45) is 5.78. The van der Waals surface area contributed by atoms with Crippen molar-refractivity contribution in [2.75, 3.05) is 26.2 Å². The molecule has 0 bridgehead atoms. The number of nitrogens with one attached hydrogen (secondary N) is 1. The maximum atomic E-state index is 4.39. The normalized spacial score (nSPS) is 18.3. The molecule has 1 aliphatic rings. The predicted octanol–water partition coefficient (Wildman–Crippen LogP) is 2.53. The largest absolute Gasteiger partial charge is 0.312 e. The van der Waals surface area contributed by atoms with Crippen LogP contribution in [0.15, 0.2) is 6.20 Å². The lowest BCUT2D eigenvalue weighted by Gasteiger charge is -2.31. The van der Waals surface area contributed by atoms with E-state index < -0.39 is 0 Å². The fraction of sp³-hybridized carbons (Fsp3) is 0.786. The van der Waals surface area contributed by atoms with Gasteiger partial charge in [0.2, 0.25) is 0 Å². The molecule has 0 aromatic carbocycles. The Bertz CT molecular complexity index is 343. The van der Waals surface area contributed by atoms with Crippen molar-refractivity contribution >= 4 is 11.3 Å². The Hall–Kier alpha value is -0.450. The van der Waals surface area contributed by atoms with Crippen LogP contribution >= 0.6 is 11.3 Å². The smallest absolute Gasteiger partial charge is 0.0925 e. The van der Waals surface area contributed by atoms with E-state index in [9.17, 15) is 0 Å². The fourth-order valence-electron chi connectivity index (χ4n) is 2.50. The summed E-state index contributed by atoms with van der Waals surface area (Å²) in [5.74, 6) is 0.867. The van der Waals surface area contributed by atoms with Gasteiger partial charge in [0, 0.05) is 17.6 Å². The van der Waals surface area contributed by atoms with E-state index in [-0.39, 0.29) is 0 Å². The molecule has 1 aromatic rings. The molecule has 18 heavy (non-hydrogen) atoms. The van der Waals surface area contributed by atoms with Gasteiger partial charge in [-0.3, -0.25) is 0 Å². The molecule has 102 valence electrons. The van der Waals surface area contributed by atoms with E-state index in [1.54, 1.807) is 0 Å². The van der Waals surface area contributed by atoms with Crippen LogP contribution in [0.4, 0.5) is 0 Å². The Kier molecular flexibility index (Phi) is 5.60. The number of aryl methyl sites for hydroxylation is 1. The number of piperidine rings is 1. The van der Waals surface area contributed by atoms with Crippen molar-refractivity contribution in [1.82, 2.24) is 15.2 Å². The van der Waals surface area contributed by atoms with Gasteiger partial charge in [0.1, 0.15) is 0 Å². The third-order valence-corrected chi connectivity index (χ3v) is 4.93. The Balaban J connectivity index is 1.63. The first-order chi connectivity index (χ1) is 8.81. The van der Waals surface area contributed by atoms with Crippen LogP contribution in [0.1, 0.15) is 36.6 Å². The molecule has 0 spiro atoms. The van der Waals surface area contributed by atoms with E-state index in [4.69, 9.17) is 0 Å². The quantitative estimate of drug-likeness (QED) is 0.858. The van der Waals surface area contributed by atoms with Crippen molar-refractivity contribution in [1.29, 1.82) is 0 Å². The van der Waals surface area contributed by atoms with Crippen molar-refractivity contribution in [2.24, 2.45) is 5.92 Å². The summed E-state index contributed by atoms with van der Waals surface area (Å²) < 4.78 is 0. The molecule has 1 aromatic heterocycles. The van der Waals surface area contributed by atoms with Gasteiger partial charge in [0.05, 0.1) is 5.01 Å². The van der Waals surface area contributed by atoms with Crippen molar-refractivity contribution in [2.45, 2.75) is 39.7 Å². The zero-order valence-electron chi connectivity index (χ0n) is 11.6. The van der Waals surface area contributed by atoms with Gasteiger partial charge in [-0.1, -0.05) is 13.8 Å². The van der Waals surface area contributed by atoms with Gasteiger partial charge < -0.3 is 10.2 Å². The lowest BCUT2D eigenvalue weighted by Crippen LogP contribution is -2.36. The first-order valence-corrected chi connectivity index (χ1v) is 8.00. The maximum Gasteiger partial charge on any atom is 0.0925 e. The molecule has 1 saturated heterocycles. The maximum absolute atomic E-state index is 4.39. The van der Waals surface area contributed by atoms with Gasteiger partial charge in [0.15, 0.2) is 0 Å². The van der Waals surface area contributed by atoms with Crippen LogP contribution in [0.2, 0.25) is 0 Å². The monoisotopic (exact) mass is 267 g/mol. The lowest BCUT2D eigenvalue weighted by atomic mass is 9.97. The predicted molar refractivity (Wildman–Crippen MR) is 78.0 cm³/mol. The van der Waals surface area contributed by atoms with Crippen molar-refractivity contribution in [3.63, 3.8) is 0 Å². The average Bonchev–Trinajstić information content (AvgIpc) is 2.87. The first kappa shape index (κ1) is 14.0. The van der Waals surface area contributed by atoms with Crippen LogP contribution in [-0.2, 0) is 13.0 Å². The Labute approximate surface area is 115 Å². The molecular formula is C14H25N3S. The Morgan fingerprint density at radius 2 is 2.17 bits per heavy atom. The van der Waals surface area contributed by atoms with Crippen molar-refractivity contribution < 1.29 is 0 Å². The molecule has 1 N–H and O–H groups in total. The van der Waals surface area contributed by atoms with E-state index in [1.165, 1.54) is 42.4 Å². The van der Waals surface area contributed by atoms with Gasteiger partial charge in [-0.15, -0.1) is 11.3 Å². The number of likely N-dealkylation sites (tertiary alicyclic amines) is 1. The molecule has 0 atom stereocenters. The second-order valence-electron chi connectivity index (χ2n) is 5.08. The summed E-state index contributed by atoms with van der Waals surface area (Å²) in [6.45, 7) is 10.3. The minimum Gasteiger partial charge on any atom is -0.312 e. The standard InChI is InChI=1S/C14H25N3S/c1-3-14-16-11-13(18-14)10-15-9-12-5-7-17(4-2)8-6-12/h11-12,15H,3-10H2,1-2H3. The number of nitrogens with zero attached hydrogens (tertiary/aromatic N) is 2. The number of rotatable bonds is 6. The summed E-state index contributed by atoms with van der Waals surface area (Å²) in [5.41, 5.74) is 0. The number of thiazole rings is 1. The molecule has 1 aliphatic heterocycles. The molecule has 3 nitrogen and oxygen atoms in total. The zero-order chi connectivity index (χ0) is 12.8. The fourth-order valence-corrected chi connectivity index (χ4v) is 3.33. The highest BCUT2D eigenvalue weighted by Crippen LogP contribution is 2.17. The zero-order valence-corrected chi connectivity index (χ0v) is 12.4. The van der Waals surface area contributed by atoms with Gasteiger partial charge >= 0.3 is 0 Å². The van der Waals surface area contributed by atoms with Crippen LogP contribution in [-0.4, -0.2) is 36.1 Å². The van der Waals surface area contributed by atoms with E-state index in [0.717, 1.165) is 25.4 Å². The van der Waals surface area contributed by atoms with Crippen LogP contribution in [0.25, 0.3) is 0 Å². The highest BCUT2D eigenvalue weighted by molar-refractivity contribution is 7.11. The SMILES string of the molecule is CCc1ncc(CNCC2CCN(CC)CC2)s1. The molecule has 1 fully saturated rings. The molecule has 2 rings (SSSR count). The van der Waals surface area contributed by atoms with E-state index in [1.807, 2.05) is 17.5 Å². The molecule has 0 amide bonds. The minimum absolute atomic E-state index is 0.867. The molecule has 0 aliphatic carbocycles. The molecule has 0 saturated carbocycles. The lowest BCUT2D eigenvalue weighted by molar-refractivity contribution is 0.190. The van der Waals surface area contributed by atoms with Crippen LogP contribution in [0.3, 0.4) is 0 Å². The second-order valence-corrected chi connectivity index (χ2v) is 6.28. The summed E-state index contributed by atoms with van der Waals surface area (Å²) in [4.78, 5) is 8.31. The number of aromatic nitrogens is 1. The Morgan fingerprint density at radius 3 is 2.78 bits per heavy atom. The van der Waals surface area contributed by atoms with E-state index in [0.29, 0.717) is 0 Å². The van der Waals surface area contributed by atoms with E-state index in [2.05, 4.69) is 29.0 Å². The van der Waals surface area contributed by atoms with Gasteiger partial charge in [-0.05, 0) is 51.4 Å². The highest BCUT2D eigenvalue weighted by atomic mass is 32.1. The summed E-state index contributed by atoms with van der Waals surface area (Å²) in [7, 11) is 0. The molecule has 0 radical (unpaired) electrons. The first-order valence-electron chi connectivity index (χ1n) is 7.18. The molecule has 2 heterocycles. The molecule has 0 unspecified atom stereocenters. The van der Waals surface area contributed by atoms with Crippen LogP contribution < -0.4 is 5.32 Å². The van der Waals surface area contributed by atoms with E-state index >= 15 is 0 Å². The summed E-state index contributed by atoms with van der Waals surface area (Å²) in [5, 5.41) is 4.85. The third kappa shape index (κ3) is 4.04. The summed E-state index contributed by atoms with van der Waals surface area (Å²) in [6, 6.07) is 0. The molecule has 4 heteroatoms. The average molecular weight is 267 g/mol. The topological polar surface area (TPSA) is 28.2 Å². The third-order valence-electron chi connectivity index (χ3n) is 3.79. The van der Waals surface area contributed by atoms with Gasteiger partial charge in [-0.2, -0.15) is 0 Å². The highest BCUT2D eigenvalue weighted by Gasteiger charge is 2.17. The van der Waals surface area contributed by atoms with Crippen LogP contribution in [0.5, 0.6) is 0 Å². The summed E-state index contributed by atoms with van der Waals surface area (Å²) >= 11 is 1.84. The number of hydrogen-bond acceptors (Lipinski definition) is 4. The van der Waals surface area contributed by atoms with Gasteiger partial charge in [-0.25, -0.2) is 4.98 Å². The molecular weight excluding hydrogens is 242 g/mol. The number of hydrogen-bond donors (Lipinski definition) is 1. The van der Waals surface area contributed by atoms with Crippen molar-refractivity contribution in [3.05, 3.63) is 16.1 Å². The minimum atomic E-state index is 0.867. The van der Waals surface area contributed by atoms with Gasteiger partial charge in [0.25, 0.3) is 0 Å². The van der Waals surface area contributed by atoms with Crippen molar-refractivity contribution in [3.8, 4) is 0 Å². The second kappa shape index (κ2) is 7.22.